The van der Waals surface area contributed by atoms with Crippen molar-refractivity contribution in [3.63, 3.8) is 0 Å². The van der Waals surface area contributed by atoms with E-state index in [1.54, 1.807) is 41.0 Å². The van der Waals surface area contributed by atoms with E-state index in [1.807, 2.05) is 37.3 Å². The maximum Gasteiger partial charge on any atom is 0.336 e. The molecule has 30 heavy (non-hydrogen) atoms. The third-order valence-corrected chi connectivity index (χ3v) is 5.12. The number of aromatic nitrogens is 2. The normalized spacial score (nSPS) is 10.9. The van der Waals surface area contributed by atoms with Gasteiger partial charge in [0.25, 0.3) is 5.56 Å². The maximum absolute atomic E-state index is 13.5. The lowest BCUT2D eigenvalue weighted by molar-refractivity contribution is 0.355. The van der Waals surface area contributed by atoms with Crippen molar-refractivity contribution in [2.24, 2.45) is 0 Å². The van der Waals surface area contributed by atoms with Crippen LogP contribution in [-0.2, 0) is 6.54 Å². The molecular weight excluding hydrogens is 380 g/mol. The molecule has 0 fully saturated rings. The molecule has 0 bridgehead atoms. The molecule has 1 heterocycles. The smallest absolute Gasteiger partial charge is 0.336 e. The minimum atomic E-state index is -0.411. The molecule has 4 aromatic rings. The lowest BCUT2D eigenvalue weighted by Crippen LogP contribution is -2.39. The second kappa shape index (κ2) is 7.91. The highest BCUT2D eigenvalue weighted by Gasteiger charge is 2.18. The number of fused-ring (bicyclic) bond motifs is 1. The molecule has 0 N–H and O–H groups in total. The minimum Gasteiger partial charge on any atom is -0.493 e. The first kappa shape index (κ1) is 19.5. The van der Waals surface area contributed by atoms with Gasteiger partial charge in [0, 0.05) is 6.07 Å². The monoisotopic (exact) mass is 402 g/mol. The van der Waals surface area contributed by atoms with Crippen LogP contribution < -0.4 is 20.7 Å². The third kappa shape index (κ3) is 3.37. The quantitative estimate of drug-likeness (QED) is 0.512. The number of methoxy groups -OCH3 is 2. The molecular formula is C24H22N2O4. The van der Waals surface area contributed by atoms with Crippen molar-refractivity contribution in [3.05, 3.63) is 98.7 Å². The summed E-state index contributed by atoms with van der Waals surface area (Å²) in [6.45, 7) is 2.33. The summed E-state index contributed by atoms with van der Waals surface area (Å²) in [5.41, 5.74) is 2.29. The molecule has 0 saturated heterocycles. The van der Waals surface area contributed by atoms with Crippen LogP contribution in [0.2, 0.25) is 0 Å². The number of ether oxygens (including phenoxy) is 2. The molecule has 0 aliphatic heterocycles. The van der Waals surface area contributed by atoms with E-state index in [4.69, 9.17) is 9.47 Å². The number of aryl methyl sites for hydroxylation is 1. The van der Waals surface area contributed by atoms with E-state index < -0.39 is 11.2 Å². The average molecular weight is 402 g/mol. The number of para-hydroxylation sites is 1. The predicted octanol–water partition coefficient (Wildman–Crippen LogP) is 3.53. The minimum absolute atomic E-state index is 0.318. The predicted molar refractivity (Wildman–Crippen MR) is 117 cm³/mol. The summed E-state index contributed by atoms with van der Waals surface area (Å²) in [5, 5.41) is 0.378. The molecule has 0 unspecified atom stereocenters. The zero-order chi connectivity index (χ0) is 21.3. The van der Waals surface area contributed by atoms with Crippen LogP contribution in [0.15, 0.2) is 76.3 Å². The molecule has 1 aromatic heterocycles. The Balaban J connectivity index is 2.07. The molecule has 0 aliphatic rings. The standard InChI is InChI=1S/C24H22N2O4/c1-16-9-11-17(12-10-16)15-25-20-14-22(30-3)21(29-2)13-19(20)23(27)26(24(25)28)18-7-5-4-6-8-18/h4-14H,15H2,1-3H3. The topological polar surface area (TPSA) is 62.5 Å². The Morgan fingerprint density at radius 1 is 0.833 bits per heavy atom. The second-order valence-corrected chi connectivity index (χ2v) is 7.05. The summed E-state index contributed by atoms with van der Waals surface area (Å²) in [6.07, 6.45) is 0. The highest BCUT2D eigenvalue weighted by atomic mass is 16.5. The van der Waals surface area contributed by atoms with Gasteiger partial charge >= 0.3 is 5.69 Å². The van der Waals surface area contributed by atoms with Crippen LogP contribution in [0.5, 0.6) is 11.5 Å². The molecule has 0 saturated carbocycles. The van der Waals surface area contributed by atoms with Gasteiger partial charge in [-0.05, 0) is 30.7 Å². The van der Waals surface area contributed by atoms with Gasteiger partial charge in [0.05, 0.1) is 37.4 Å². The van der Waals surface area contributed by atoms with Crippen molar-refractivity contribution in [1.82, 2.24) is 9.13 Å². The van der Waals surface area contributed by atoms with Crippen molar-refractivity contribution in [2.75, 3.05) is 14.2 Å². The van der Waals surface area contributed by atoms with E-state index in [1.165, 1.54) is 18.8 Å². The van der Waals surface area contributed by atoms with Gasteiger partial charge in [0.1, 0.15) is 0 Å². The van der Waals surface area contributed by atoms with Crippen molar-refractivity contribution in [3.8, 4) is 17.2 Å². The van der Waals surface area contributed by atoms with Crippen LogP contribution >= 0.6 is 0 Å². The highest BCUT2D eigenvalue weighted by molar-refractivity contribution is 5.82. The van der Waals surface area contributed by atoms with Crippen LogP contribution in [-0.4, -0.2) is 23.4 Å². The largest absolute Gasteiger partial charge is 0.493 e. The molecule has 0 aliphatic carbocycles. The zero-order valence-corrected chi connectivity index (χ0v) is 17.1. The highest BCUT2D eigenvalue weighted by Crippen LogP contribution is 2.30. The van der Waals surface area contributed by atoms with Crippen molar-refractivity contribution >= 4 is 10.9 Å². The first-order valence-electron chi connectivity index (χ1n) is 9.56. The summed E-state index contributed by atoms with van der Waals surface area (Å²) in [6, 6.07) is 20.2. The van der Waals surface area contributed by atoms with Gasteiger partial charge in [-0.2, -0.15) is 0 Å². The molecule has 0 atom stereocenters. The van der Waals surface area contributed by atoms with Gasteiger partial charge in [-0.25, -0.2) is 9.36 Å². The second-order valence-electron chi connectivity index (χ2n) is 7.05. The van der Waals surface area contributed by atoms with Gasteiger partial charge in [-0.3, -0.25) is 9.36 Å². The van der Waals surface area contributed by atoms with Crippen molar-refractivity contribution in [1.29, 1.82) is 0 Å². The fourth-order valence-electron chi connectivity index (χ4n) is 3.53. The van der Waals surface area contributed by atoms with Crippen LogP contribution in [0.4, 0.5) is 0 Å². The fourth-order valence-corrected chi connectivity index (χ4v) is 3.53. The maximum atomic E-state index is 13.5. The Hall–Kier alpha value is -3.80. The summed E-state index contributed by atoms with van der Waals surface area (Å²) in [7, 11) is 3.04. The van der Waals surface area contributed by atoms with Crippen molar-refractivity contribution in [2.45, 2.75) is 13.5 Å². The lowest BCUT2D eigenvalue weighted by atomic mass is 10.1. The average Bonchev–Trinajstić information content (AvgIpc) is 2.78. The van der Waals surface area contributed by atoms with Crippen molar-refractivity contribution < 1.29 is 9.47 Å². The summed E-state index contributed by atoms with van der Waals surface area (Å²) in [4.78, 5) is 26.8. The lowest BCUT2D eigenvalue weighted by Gasteiger charge is -2.16. The number of nitrogens with zero attached hydrogens (tertiary/aromatic N) is 2. The van der Waals surface area contributed by atoms with Crippen LogP contribution in [0.25, 0.3) is 16.6 Å². The van der Waals surface area contributed by atoms with Gasteiger partial charge in [0.15, 0.2) is 11.5 Å². The number of rotatable bonds is 5. The third-order valence-electron chi connectivity index (χ3n) is 5.12. The SMILES string of the molecule is COc1cc2c(=O)n(-c3ccccc3)c(=O)n(Cc3ccc(C)cc3)c2cc1OC. The Bertz CT molecular complexity index is 1320. The first-order valence-corrected chi connectivity index (χ1v) is 9.56. The van der Waals surface area contributed by atoms with Gasteiger partial charge in [-0.1, -0.05) is 48.0 Å². The number of hydrogen-bond donors (Lipinski definition) is 0. The molecule has 6 heteroatoms. The van der Waals surface area contributed by atoms with E-state index in [2.05, 4.69) is 0 Å². The summed E-state index contributed by atoms with van der Waals surface area (Å²) < 4.78 is 13.6. The first-order chi connectivity index (χ1) is 14.5. The van der Waals surface area contributed by atoms with E-state index in [9.17, 15) is 9.59 Å². The van der Waals surface area contributed by atoms with Gasteiger partial charge in [-0.15, -0.1) is 0 Å². The molecule has 0 spiro atoms. The Labute approximate surface area is 173 Å². The fraction of sp³-hybridized carbons (Fsp3) is 0.167. The zero-order valence-electron chi connectivity index (χ0n) is 17.1. The van der Waals surface area contributed by atoms with E-state index in [-0.39, 0.29) is 0 Å². The van der Waals surface area contributed by atoms with E-state index in [0.29, 0.717) is 34.6 Å². The molecule has 6 nitrogen and oxygen atoms in total. The molecule has 3 aromatic carbocycles. The number of benzene rings is 3. The van der Waals surface area contributed by atoms with E-state index >= 15 is 0 Å². The van der Waals surface area contributed by atoms with Gasteiger partial charge in [0.2, 0.25) is 0 Å². The Morgan fingerprint density at radius 3 is 2.10 bits per heavy atom. The summed E-state index contributed by atoms with van der Waals surface area (Å²) >= 11 is 0. The Morgan fingerprint density at radius 2 is 1.47 bits per heavy atom. The Kier molecular flexibility index (Phi) is 5.14. The van der Waals surface area contributed by atoms with E-state index in [0.717, 1.165) is 11.1 Å². The van der Waals surface area contributed by atoms with Gasteiger partial charge < -0.3 is 9.47 Å². The molecule has 0 amide bonds. The summed E-state index contributed by atoms with van der Waals surface area (Å²) in [5.74, 6) is 0.890. The molecule has 4 rings (SSSR count). The molecule has 0 radical (unpaired) electrons. The van der Waals surface area contributed by atoms with Crippen LogP contribution in [0.1, 0.15) is 11.1 Å². The van der Waals surface area contributed by atoms with Crippen LogP contribution in [0.3, 0.4) is 0 Å². The molecule has 152 valence electrons. The number of hydrogen-bond acceptors (Lipinski definition) is 4. The van der Waals surface area contributed by atoms with Crippen LogP contribution in [0, 0.1) is 6.92 Å².